The minimum Gasteiger partial charge on any atom is -0.489 e. The molecule has 0 fully saturated rings. The van der Waals surface area contributed by atoms with E-state index in [1.807, 2.05) is 36.4 Å². The summed E-state index contributed by atoms with van der Waals surface area (Å²) >= 11 is 0. The number of methoxy groups -OCH3 is 1. The van der Waals surface area contributed by atoms with E-state index in [0.717, 1.165) is 11.1 Å². The number of rotatable bonds is 7. The van der Waals surface area contributed by atoms with Crippen LogP contribution in [0.3, 0.4) is 0 Å². The maximum atomic E-state index is 12.0. The molecule has 0 saturated heterocycles. The van der Waals surface area contributed by atoms with E-state index in [1.165, 1.54) is 7.11 Å². The molecular formula is C23H21N3O4. The molecular weight excluding hydrogens is 382 g/mol. The summed E-state index contributed by atoms with van der Waals surface area (Å²) in [7, 11) is 1.35. The number of nitrogens with zero attached hydrogens (tertiary/aromatic N) is 1. The number of nitrogen functional groups attached to an aromatic ring is 1. The first kappa shape index (κ1) is 20.6. The zero-order chi connectivity index (χ0) is 21.3. The van der Waals surface area contributed by atoms with Crippen molar-refractivity contribution in [1.29, 1.82) is 0 Å². The van der Waals surface area contributed by atoms with Gasteiger partial charge in [0, 0.05) is 11.3 Å². The molecule has 0 aliphatic rings. The van der Waals surface area contributed by atoms with Crippen LogP contribution < -0.4 is 15.9 Å². The number of carbonyl (C=O) groups excluding carboxylic acids is 2. The lowest BCUT2D eigenvalue weighted by Gasteiger charge is -2.07. The van der Waals surface area contributed by atoms with Gasteiger partial charge in [-0.1, -0.05) is 12.1 Å². The normalized spacial score (nSPS) is 10.6. The lowest BCUT2D eigenvalue weighted by molar-refractivity contribution is 0.0600. The SMILES string of the molecule is COC(=O)c1ccc(COc2ccc(/C=N/NC(=O)c3ccc(N)cc3)cc2)cc1. The molecule has 3 rings (SSSR count). The number of amides is 1. The molecule has 30 heavy (non-hydrogen) atoms. The molecule has 152 valence electrons. The van der Waals surface area contributed by atoms with Crippen LogP contribution >= 0.6 is 0 Å². The van der Waals surface area contributed by atoms with Gasteiger partial charge in [0.05, 0.1) is 18.9 Å². The summed E-state index contributed by atoms with van der Waals surface area (Å²) in [5.41, 5.74) is 11.4. The highest BCUT2D eigenvalue weighted by Crippen LogP contribution is 2.14. The van der Waals surface area contributed by atoms with Crippen LogP contribution in [0.2, 0.25) is 0 Å². The van der Waals surface area contributed by atoms with E-state index < -0.39 is 0 Å². The molecule has 0 bridgehead atoms. The third-order valence-electron chi connectivity index (χ3n) is 4.21. The average molecular weight is 403 g/mol. The molecule has 7 heteroatoms. The van der Waals surface area contributed by atoms with Crippen LogP contribution in [0.1, 0.15) is 31.8 Å². The van der Waals surface area contributed by atoms with Gasteiger partial charge in [-0.15, -0.1) is 0 Å². The Morgan fingerprint density at radius 2 is 1.57 bits per heavy atom. The Labute approximate surface area is 174 Å². The number of nitrogens with two attached hydrogens (primary N) is 1. The zero-order valence-electron chi connectivity index (χ0n) is 16.4. The van der Waals surface area contributed by atoms with Gasteiger partial charge in [0.2, 0.25) is 0 Å². The van der Waals surface area contributed by atoms with Crippen molar-refractivity contribution in [1.82, 2.24) is 5.43 Å². The second kappa shape index (κ2) is 9.88. The van der Waals surface area contributed by atoms with Gasteiger partial charge in [-0.05, 0) is 71.8 Å². The van der Waals surface area contributed by atoms with Crippen LogP contribution in [0.15, 0.2) is 77.9 Å². The van der Waals surface area contributed by atoms with Crippen molar-refractivity contribution >= 4 is 23.8 Å². The summed E-state index contributed by atoms with van der Waals surface area (Å²) in [6, 6.07) is 20.9. The predicted molar refractivity (Wildman–Crippen MR) is 114 cm³/mol. The highest BCUT2D eigenvalue weighted by Gasteiger charge is 2.05. The molecule has 0 heterocycles. The van der Waals surface area contributed by atoms with E-state index in [2.05, 4.69) is 15.3 Å². The summed E-state index contributed by atoms with van der Waals surface area (Å²) in [6.07, 6.45) is 1.55. The van der Waals surface area contributed by atoms with E-state index in [-0.39, 0.29) is 11.9 Å². The summed E-state index contributed by atoms with van der Waals surface area (Å²) < 4.78 is 10.4. The number of nitrogens with one attached hydrogen (secondary N) is 1. The Morgan fingerprint density at radius 1 is 0.933 bits per heavy atom. The number of esters is 1. The Bertz CT molecular complexity index is 1030. The maximum absolute atomic E-state index is 12.0. The van der Waals surface area contributed by atoms with Crippen LogP contribution in [0, 0.1) is 0 Å². The van der Waals surface area contributed by atoms with E-state index in [4.69, 9.17) is 10.5 Å². The second-order valence-electron chi connectivity index (χ2n) is 6.37. The van der Waals surface area contributed by atoms with Crippen LogP contribution in [0.25, 0.3) is 0 Å². The average Bonchev–Trinajstić information content (AvgIpc) is 2.78. The Kier molecular flexibility index (Phi) is 6.78. The summed E-state index contributed by atoms with van der Waals surface area (Å²) in [4.78, 5) is 23.4. The van der Waals surface area contributed by atoms with Gasteiger partial charge >= 0.3 is 5.97 Å². The highest BCUT2D eigenvalue weighted by atomic mass is 16.5. The van der Waals surface area contributed by atoms with Crippen LogP contribution in [0.5, 0.6) is 5.75 Å². The summed E-state index contributed by atoms with van der Waals surface area (Å²) in [5, 5.41) is 3.96. The van der Waals surface area contributed by atoms with Crippen molar-refractivity contribution in [2.45, 2.75) is 6.61 Å². The molecule has 3 aromatic carbocycles. The first-order valence-corrected chi connectivity index (χ1v) is 9.14. The van der Waals surface area contributed by atoms with Crippen LogP contribution in [0.4, 0.5) is 5.69 Å². The lowest BCUT2D eigenvalue weighted by atomic mass is 10.1. The molecule has 0 spiro atoms. The lowest BCUT2D eigenvalue weighted by Crippen LogP contribution is -2.17. The van der Waals surface area contributed by atoms with Crippen molar-refractivity contribution in [3.63, 3.8) is 0 Å². The first-order chi connectivity index (χ1) is 14.5. The third-order valence-corrected chi connectivity index (χ3v) is 4.21. The molecule has 3 N–H and O–H groups in total. The molecule has 0 atom stereocenters. The number of hydrogen-bond acceptors (Lipinski definition) is 6. The smallest absolute Gasteiger partial charge is 0.337 e. The van der Waals surface area contributed by atoms with Gasteiger partial charge in [0.15, 0.2) is 0 Å². The number of anilines is 1. The van der Waals surface area contributed by atoms with E-state index >= 15 is 0 Å². The minimum absolute atomic E-state index is 0.315. The molecule has 1 amide bonds. The van der Waals surface area contributed by atoms with Gasteiger partial charge < -0.3 is 15.2 Å². The summed E-state index contributed by atoms with van der Waals surface area (Å²) in [5.74, 6) is 0.00361. The first-order valence-electron chi connectivity index (χ1n) is 9.14. The van der Waals surface area contributed by atoms with E-state index in [1.54, 1.807) is 42.6 Å². The molecule has 3 aromatic rings. The standard InChI is InChI=1S/C23H21N3O4/c1-29-23(28)19-6-2-17(3-7-19)15-30-21-12-4-16(5-13-21)14-25-26-22(27)18-8-10-20(24)11-9-18/h2-14H,15,24H2,1H3,(H,26,27)/b25-14+. The number of hydrogen-bond donors (Lipinski definition) is 2. The fraction of sp³-hybridized carbons (Fsp3) is 0.0870. The number of carbonyl (C=O) groups is 2. The van der Waals surface area contributed by atoms with Crippen LogP contribution in [-0.4, -0.2) is 25.2 Å². The fourth-order valence-electron chi connectivity index (χ4n) is 2.54. The van der Waals surface area contributed by atoms with Gasteiger partial charge in [0.1, 0.15) is 12.4 Å². The number of hydrazone groups is 1. The second-order valence-corrected chi connectivity index (χ2v) is 6.37. The van der Waals surface area contributed by atoms with E-state index in [9.17, 15) is 9.59 Å². The van der Waals surface area contributed by atoms with Crippen LogP contribution in [-0.2, 0) is 11.3 Å². The Hall–Kier alpha value is -4.13. The summed E-state index contributed by atoms with van der Waals surface area (Å²) in [6.45, 7) is 0.368. The number of ether oxygens (including phenoxy) is 2. The molecule has 0 saturated carbocycles. The topological polar surface area (TPSA) is 103 Å². The molecule has 0 radical (unpaired) electrons. The minimum atomic E-state index is -0.371. The third kappa shape index (κ3) is 5.68. The molecule has 7 nitrogen and oxygen atoms in total. The largest absolute Gasteiger partial charge is 0.489 e. The number of benzene rings is 3. The molecule has 0 unspecified atom stereocenters. The predicted octanol–water partition coefficient (Wildman–Crippen LogP) is 3.40. The zero-order valence-corrected chi connectivity index (χ0v) is 16.4. The van der Waals surface area contributed by atoms with Gasteiger partial charge in [-0.25, -0.2) is 10.2 Å². The Balaban J connectivity index is 1.49. The molecule has 0 aliphatic heterocycles. The Morgan fingerprint density at radius 3 is 2.20 bits per heavy atom. The van der Waals surface area contributed by atoms with Crippen molar-refractivity contribution in [3.8, 4) is 5.75 Å². The van der Waals surface area contributed by atoms with Crippen molar-refractivity contribution in [2.75, 3.05) is 12.8 Å². The van der Waals surface area contributed by atoms with Crippen molar-refractivity contribution in [3.05, 3.63) is 95.1 Å². The van der Waals surface area contributed by atoms with Crippen molar-refractivity contribution in [2.24, 2.45) is 5.10 Å². The van der Waals surface area contributed by atoms with Gasteiger partial charge in [0.25, 0.3) is 5.91 Å². The molecule has 0 aromatic heterocycles. The van der Waals surface area contributed by atoms with Gasteiger partial charge in [-0.3, -0.25) is 4.79 Å². The van der Waals surface area contributed by atoms with Gasteiger partial charge in [-0.2, -0.15) is 5.10 Å². The quantitative estimate of drug-likeness (QED) is 0.272. The van der Waals surface area contributed by atoms with Crippen molar-refractivity contribution < 1.29 is 19.1 Å². The maximum Gasteiger partial charge on any atom is 0.337 e. The molecule has 0 aliphatic carbocycles. The highest BCUT2D eigenvalue weighted by molar-refractivity contribution is 5.95. The van der Waals surface area contributed by atoms with E-state index in [0.29, 0.717) is 29.2 Å². The fourth-order valence-corrected chi connectivity index (χ4v) is 2.54. The monoisotopic (exact) mass is 403 g/mol.